The minimum absolute atomic E-state index is 0.000373. The Kier molecular flexibility index (Phi) is 2.98. The number of anilines is 1. The van der Waals surface area contributed by atoms with Crippen LogP contribution in [0.2, 0.25) is 0 Å². The molecule has 0 saturated carbocycles. The molecular weight excluding hydrogens is 208 g/mol. The van der Waals surface area contributed by atoms with Gasteiger partial charge in [0.25, 0.3) is 0 Å². The molecule has 2 N–H and O–H groups in total. The SMILES string of the molecule is Cc1ccc2c(c1)SCCN2C(=O)CN. The van der Waals surface area contributed by atoms with Gasteiger partial charge in [-0.2, -0.15) is 0 Å². The zero-order valence-electron chi connectivity index (χ0n) is 8.69. The van der Waals surface area contributed by atoms with Crippen LogP contribution in [0.1, 0.15) is 5.56 Å². The Labute approximate surface area is 93.6 Å². The zero-order valence-corrected chi connectivity index (χ0v) is 9.51. The summed E-state index contributed by atoms with van der Waals surface area (Å²) in [6, 6.07) is 6.15. The van der Waals surface area contributed by atoms with Crippen LogP contribution in [0.25, 0.3) is 0 Å². The topological polar surface area (TPSA) is 46.3 Å². The summed E-state index contributed by atoms with van der Waals surface area (Å²) in [7, 11) is 0. The number of hydrogen-bond donors (Lipinski definition) is 1. The van der Waals surface area contributed by atoms with E-state index in [0.717, 1.165) is 18.0 Å². The van der Waals surface area contributed by atoms with Crippen molar-refractivity contribution in [3.05, 3.63) is 23.8 Å². The molecule has 4 heteroatoms. The van der Waals surface area contributed by atoms with Crippen LogP contribution in [0.4, 0.5) is 5.69 Å². The number of thioether (sulfide) groups is 1. The van der Waals surface area contributed by atoms with Crippen molar-refractivity contribution in [3.8, 4) is 0 Å². The summed E-state index contributed by atoms with van der Waals surface area (Å²) in [4.78, 5) is 14.6. The fourth-order valence-corrected chi connectivity index (χ4v) is 2.79. The third-order valence-electron chi connectivity index (χ3n) is 2.45. The van der Waals surface area contributed by atoms with Gasteiger partial charge in [-0.1, -0.05) is 6.07 Å². The predicted octanol–water partition coefficient (Wildman–Crippen LogP) is 1.39. The molecule has 0 aromatic heterocycles. The molecule has 0 fully saturated rings. The largest absolute Gasteiger partial charge is 0.322 e. The molecule has 0 aliphatic carbocycles. The normalized spacial score (nSPS) is 14.9. The van der Waals surface area contributed by atoms with Crippen LogP contribution >= 0.6 is 11.8 Å². The average Bonchev–Trinajstić information content (AvgIpc) is 2.26. The van der Waals surface area contributed by atoms with E-state index < -0.39 is 0 Å². The standard InChI is InChI=1S/C11H14N2OS/c1-8-2-3-9-10(6-8)15-5-4-13(9)11(14)7-12/h2-3,6H,4-5,7,12H2,1H3. The summed E-state index contributed by atoms with van der Waals surface area (Å²) in [5.74, 6) is 0.947. The van der Waals surface area contributed by atoms with Gasteiger partial charge in [-0.3, -0.25) is 4.79 Å². The van der Waals surface area contributed by atoms with Gasteiger partial charge in [0.05, 0.1) is 12.2 Å². The predicted molar refractivity (Wildman–Crippen MR) is 63.3 cm³/mol. The molecular formula is C11H14N2OS. The lowest BCUT2D eigenvalue weighted by atomic mass is 10.2. The number of nitrogens with zero attached hydrogens (tertiary/aromatic N) is 1. The molecule has 1 aliphatic rings. The van der Waals surface area contributed by atoms with Gasteiger partial charge >= 0.3 is 0 Å². The first-order valence-electron chi connectivity index (χ1n) is 4.96. The Morgan fingerprint density at radius 1 is 1.60 bits per heavy atom. The van der Waals surface area contributed by atoms with Crippen LogP contribution in [0.3, 0.4) is 0 Å². The first-order valence-corrected chi connectivity index (χ1v) is 5.95. The fourth-order valence-electron chi connectivity index (χ4n) is 1.70. The summed E-state index contributed by atoms with van der Waals surface area (Å²) in [6.45, 7) is 2.90. The van der Waals surface area contributed by atoms with E-state index in [1.807, 2.05) is 12.1 Å². The quantitative estimate of drug-likeness (QED) is 0.781. The second-order valence-electron chi connectivity index (χ2n) is 3.57. The van der Waals surface area contributed by atoms with E-state index in [0.29, 0.717) is 0 Å². The molecule has 0 atom stereocenters. The Hall–Kier alpha value is -1.00. The third kappa shape index (κ3) is 2.01. The van der Waals surface area contributed by atoms with E-state index in [-0.39, 0.29) is 12.5 Å². The summed E-state index contributed by atoms with van der Waals surface area (Å²) >= 11 is 1.80. The maximum atomic E-state index is 11.6. The lowest BCUT2D eigenvalue weighted by Crippen LogP contribution is -2.39. The molecule has 1 aliphatic heterocycles. The molecule has 1 aromatic carbocycles. The minimum atomic E-state index is 0.000373. The molecule has 80 valence electrons. The molecule has 0 bridgehead atoms. The van der Waals surface area contributed by atoms with E-state index >= 15 is 0 Å². The molecule has 0 radical (unpaired) electrons. The molecule has 0 unspecified atom stereocenters. The highest BCUT2D eigenvalue weighted by Gasteiger charge is 2.21. The van der Waals surface area contributed by atoms with Crippen molar-refractivity contribution in [2.24, 2.45) is 5.73 Å². The van der Waals surface area contributed by atoms with Gasteiger partial charge in [-0.05, 0) is 24.6 Å². The van der Waals surface area contributed by atoms with E-state index in [2.05, 4.69) is 13.0 Å². The second-order valence-corrected chi connectivity index (χ2v) is 4.71. The Morgan fingerprint density at radius 2 is 2.40 bits per heavy atom. The Balaban J connectivity index is 2.38. The van der Waals surface area contributed by atoms with Gasteiger partial charge in [0.2, 0.25) is 5.91 Å². The van der Waals surface area contributed by atoms with Gasteiger partial charge in [-0.25, -0.2) is 0 Å². The third-order valence-corrected chi connectivity index (χ3v) is 3.48. The average molecular weight is 222 g/mol. The number of benzene rings is 1. The van der Waals surface area contributed by atoms with E-state index in [1.54, 1.807) is 16.7 Å². The van der Waals surface area contributed by atoms with E-state index in [9.17, 15) is 4.79 Å². The number of amides is 1. The highest BCUT2D eigenvalue weighted by molar-refractivity contribution is 7.99. The number of nitrogens with two attached hydrogens (primary N) is 1. The number of carbonyl (C=O) groups is 1. The summed E-state index contributed by atoms with van der Waals surface area (Å²) in [6.07, 6.45) is 0. The lowest BCUT2D eigenvalue weighted by Gasteiger charge is -2.28. The molecule has 0 spiro atoms. The van der Waals surface area contributed by atoms with Crippen molar-refractivity contribution in [1.82, 2.24) is 0 Å². The molecule has 3 nitrogen and oxygen atoms in total. The summed E-state index contributed by atoms with van der Waals surface area (Å²) in [5, 5.41) is 0. The minimum Gasteiger partial charge on any atom is -0.322 e. The van der Waals surface area contributed by atoms with Crippen LogP contribution in [-0.4, -0.2) is 24.7 Å². The second kappa shape index (κ2) is 4.24. The first-order chi connectivity index (χ1) is 7.22. The van der Waals surface area contributed by atoms with Crippen LogP contribution in [-0.2, 0) is 4.79 Å². The molecule has 1 amide bonds. The maximum Gasteiger partial charge on any atom is 0.240 e. The van der Waals surface area contributed by atoms with Crippen LogP contribution in [0.15, 0.2) is 23.1 Å². The van der Waals surface area contributed by atoms with Crippen LogP contribution in [0.5, 0.6) is 0 Å². The molecule has 15 heavy (non-hydrogen) atoms. The maximum absolute atomic E-state index is 11.6. The monoisotopic (exact) mass is 222 g/mol. The lowest BCUT2D eigenvalue weighted by molar-refractivity contribution is -0.117. The number of carbonyl (C=O) groups excluding carboxylic acids is 1. The van der Waals surface area contributed by atoms with Crippen molar-refractivity contribution in [3.63, 3.8) is 0 Å². The zero-order chi connectivity index (χ0) is 10.8. The molecule has 1 aromatic rings. The van der Waals surface area contributed by atoms with Gasteiger partial charge < -0.3 is 10.6 Å². The number of fused-ring (bicyclic) bond motifs is 1. The van der Waals surface area contributed by atoms with Gasteiger partial charge in [-0.15, -0.1) is 11.8 Å². The van der Waals surface area contributed by atoms with Crippen molar-refractivity contribution in [1.29, 1.82) is 0 Å². The van der Waals surface area contributed by atoms with E-state index in [1.165, 1.54) is 10.5 Å². The number of rotatable bonds is 1. The fraction of sp³-hybridized carbons (Fsp3) is 0.364. The summed E-state index contributed by atoms with van der Waals surface area (Å²) < 4.78 is 0. The van der Waals surface area contributed by atoms with Gasteiger partial charge in [0.1, 0.15) is 0 Å². The van der Waals surface area contributed by atoms with Crippen molar-refractivity contribution in [2.75, 3.05) is 23.7 Å². The highest BCUT2D eigenvalue weighted by Crippen LogP contribution is 2.35. The first kappa shape index (κ1) is 10.5. The molecule has 1 heterocycles. The highest BCUT2D eigenvalue weighted by atomic mass is 32.2. The Morgan fingerprint density at radius 3 is 3.13 bits per heavy atom. The summed E-state index contributed by atoms with van der Waals surface area (Å²) in [5.41, 5.74) is 7.62. The van der Waals surface area contributed by atoms with Crippen molar-refractivity contribution in [2.45, 2.75) is 11.8 Å². The van der Waals surface area contributed by atoms with Crippen LogP contribution in [0, 0.1) is 6.92 Å². The van der Waals surface area contributed by atoms with Gasteiger partial charge in [0, 0.05) is 17.2 Å². The van der Waals surface area contributed by atoms with Gasteiger partial charge in [0.15, 0.2) is 0 Å². The number of aryl methyl sites for hydroxylation is 1. The molecule has 0 saturated heterocycles. The smallest absolute Gasteiger partial charge is 0.240 e. The van der Waals surface area contributed by atoms with Crippen molar-refractivity contribution >= 4 is 23.4 Å². The van der Waals surface area contributed by atoms with Crippen LogP contribution < -0.4 is 10.6 Å². The Bertz CT molecular complexity index is 392. The van der Waals surface area contributed by atoms with E-state index in [4.69, 9.17) is 5.73 Å². The van der Waals surface area contributed by atoms with Crippen molar-refractivity contribution < 1.29 is 4.79 Å². The molecule has 2 rings (SSSR count). The number of hydrogen-bond acceptors (Lipinski definition) is 3.